The van der Waals surface area contributed by atoms with Crippen LogP contribution in [0.2, 0.25) is 0 Å². The van der Waals surface area contributed by atoms with Gasteiger partial charge in [-0.3, -0.25) is 0 Å². The molecular weight excluding hydrogens is 224 g/mol. The van der Waals surface area contributed by atoms with Crippen LogP contribution in [0.4, 0.5) is 0 Å². The first-order chi connectivity index (χ1) is 7.44. The van der Waals surface area contributed by atoms with Gasteiger partial charge in [0.05, 0.1) is 5.75 Å². The molecule has 0 rings (SSSR count). The highest BCUT2D eigenvalue weighted by atomic mass is 32.2. The first kappa shape index (κ1) is 15.9. The van der Waals surface area contributed by atoms with Gasteiger partial charge in [0.1, 0.15) is 0 Å². The van der Waals surface area contributed by atoms with Crippen molar-refractivity contribution in [1.29, 1.82) is 0 Å². The van der Waals surface area contributed by atoms with Crippen LogP contribution >= 0.6 is 0 Å². The normalized spacial score (nSPS) is 12.6. The van der Waals surface area contributed by atoms with E-state index in [4.69, 9.17) is 0 Å². The minimum atomic E-state index is -3.07. The van der Waals surface area contributed by atoms with Crippen molar-refractivity contribution >= 4 is 10.0 Å². The van der Waals surface area contributed by atoms with Crippen LogP contribution < -0.4 is 5.32 Å². The molecule has 0 spiro atoms. The maximum atomic E-state index is 11.9. The molecular formula is C11H26N2O2S. The predicted octanol–water partition coefficient (Wildman–Crippen LogP) is 1.44. The smallest absolute Gasteiger partial charge is 0.215 e. The number of nitrogens with one attached hydrogen (secondary N) is 1. The molecule has 0 atom stereocenters. The Hall–Kier alpha value is -0.130. The van der Waals surface area contributed by atoms with Crippen LogP contribution in [-0.4, -0.2) is 44.2 Å². The average molecular weight is 250 g/mol. The van der Waals surface area contributed by atoms with Crippen LogP contribution in [0.25, 0.3) is 0 Å². The Morgan fingerprint density at radius 1 is 1.25 bits per heavy atom. The van der Waals surface area contributed by atoms with Gasteiger partial charge in [-0.2, -0.15) is 0 Å². The second-order valence-corrected chi connectivity index (χ2v) is 6.36. The molecule has 0 saturated carbocycles. The van der Waals surface area contributed by atoms with Gasteiger partial charge in [0.2, 0.25) is 10.0 Å². The highest BCUT2D eigenvalue weighted by Gasteiger charge is 2.19. The third kappa shape index (κ3) is 6.45. The second kappa shape index (κ2) is 8.03. The topological polar surface area (TPSA) is 49.4 Å². The lowest BCUT2D eigenvalue weighted by atomic mass is 10.3. The van der Waals surface area contributed by atoms with E-state index in [1.165, 1.54) is 0 Å². The number of unbranched alkanes of at least 4 members (excludes halogenated alkanes) is 1. The van der Waals surface area contributed by atoms with Crippen LogP contribution in [0, 0.1) is 0 Å². The fourth-order valence-corrected chi connectivity index (χ4v) is 2.87. The van der Waals surface area contributed by atoms with E-state index < -0.39 is 10.0 Å². The van der Waals surface area contributed by atoms with Crippen LogP contribution in [0.5, 0.6) is 0 Å². The summed E-state index contributed by atoms with van der Waals surface area (Å²) in [5, 5.41) is 3.13. The standard InChI is InChI=1S/C11H26N2O2S/c1-5-7-9-13(6-2)16(14,15)10-8-12-11(3)4/h11-12H,5-10H2,1-4H3. The lowest BCUT2D eigenvalue weighted by Crippen LogP contribution is -2.38. The first-order valence-electron chi connectivity index (χ1n) is 6.15. The molecule has 0 unspecified atom stereocenters. The summed E-state index contributed by atoms with van der Waals surface area (Å²) < 4.78 is 25.5. The molecule has 0 radical (unpaired) electrons. The van der Waals surface area contributed by atoms with Crippen molar-refractivity contribution in [3.05, 3.63) is 0 Å². The van der Waals surface area contributed by atoms with E-state index in [2.05, 4.69) is 12.2 Å². The van der Waals surface area contributed by atoms with Crippen molar-refractivity contribution in [2.45, 2.75) is 46.6 Å². The number of hydrogen-bond donors (Lipinski definition) is 1. The van der Waals surface area contributed by atoms with Gasteiger partial charge in [-0.15, -0.1) is 0 Å². The van der Waals surface area contributed by atoms with Crippen molar-refractivity contribution in [3.8, 4) is 0 Å². The highest BCUT2D eigenvalue weighted by Crippen LogP contribution is 2.03. The van der Waals surface area contributed by atoms with Gasteiger partial charge in [-0.05, 0) is 6.42 Å². The Labute approximate surface area is 100 Å². The molecule has 98 valence electrons. The molecule has 0 fully saturated rings. The third-order valence-corrected chi connectivity index (χ3v) is 4.37. The summed E-state index contributed by atoms with van der Waals surface area (Å²) in [5.41, 5.74) is 0. The minimum absolute atomic E-state index is 0.197. The number of hydrogen-bond acceptors (Lipinski definition) is 3. The summed E-state index contributed by atoms with van der Waals surface area (Å²) in [6.07, 6.45) is 1.96. The summed E-state index contributed by atoms with van der Waals surface area (Å²) in [7, 11) is -3.07. The van der Waals surface area contributed by atoms with Crippen LogP contribution in [0.15, 0.2) is 0 Å². The molecule has 16 heavy (non-hydrogen) atoms. The zero-order chi connectivity index (χ0) is 12.6. The van der Waals surface area contributed by atoms with E-state index >= 15 is 0 Å². The zero-order valence-electron chi connectivity index (χ0n) is 11.0. The lowest BCUT2D eigenvalue weighted by Gasteiger charge is -2.20. The Kier molecular flexibility index (Phi) is 7.97. The summed E-state index contributed by atoms with van der Waals surface area (Å²) in [6, 6.07) is 0.334. The molecule has 0 aromatic heterocycles. The van der Waals surface area contributed by atoms with E-state index in [0.717, 1.165) is 12.8 Å². The van der Waals surface area contributed by atoms with Crippen LogP contribution in [0.3, 0.4) is 0 Å². The Morgan fingerprint density at radius 3 is 2.31 bits per heavy atom. The largest absolute Gasteiger partial charge is 0.313 e. The number of sulfonamides is 1. The van der Waals surface area contributed by atoms with E-state index in [-0.39, 0.29) is 5.75 Å². The zero-order valence-corrected chi connectivity index (χ0v) is 11.8. The van der Waals surface area contributed by atoms with E-state index in [1.807, 2.05) is 20.8 Å². The van der Waals surface area contributed by atoms with Gasteiger partial charge in [0.25, 0.3) is 0 Å². The van der Waals surface area contributed by atoms with Gasteiger partial charge >= 0.3 is 0 Å². The van der Waals surface area contributed by atoms with Gasteiger partial charge in [-0.1, -0.05) is 34.1 Å². The minimum Gasteiger partial charge on any atom is -0.313 e. The van der Waals surface area contributed by atoms with Crippen molar-refractivity contribution in [2.24, 2.45) is 0 Å². The molecule has 0 aromatic carbocycles. The Morgan fingerprint density at radius 2 is 1.88 bits per heavy atom. The van der Waals surface area contributed by atoms with Crippen molar-refractivity contribution in [1.82, 2.24) is 9.62 Å². The summed E-state index contributed by atoms with van der Waals surface area (Å²) >= 11 is 0. The molecule has 0 aliphatic heterocycles. The summed E-state index contributed by atoms with van der Waals surface area (Å²) in [6.45, 7) is 9.75. The predicted molar refractivity (Wildman–Crippen MR) is 69.1 cm³/mol. The fraction of sp³-hybridized carbons (Fsp3) is 1.00. The molecule has 1 N–H and O–H groups in total. The molecule has 0 aliphatic carbocycles. The molecule has 0 bridgehead atoms. The van der Waals surface area contributed by atoms with Gasteiger partial charge in [0.15, 0.2) is 0 Å². The van der Waals surface area contributed by atoms with Crippen LogP contribution in [-0.2, 0) is 10.0 Å². The lowest BCUT2D eigenvalue weighted by molar-refractivity contribution is 0.417. The SMILES string of the molecule is CCCCN(CC)S(=O)(=O)CCNC(C)C. The monoisotopic (exact) mass is 250 g/mol. The summed E-state index contributed by atoms with van der Waals surface area (Å²) in [5.74, 6) is 0.197. The second-order valence-electron chi connectivity index (χ2n) is 4.27. The first-order valence-corrected chi connectivity index (χ1v) is 7.76. The maximum Gasteiger partial charge on any atom is 0.215 e. The molecule has 0 heterocycles. The quantitative estimate of drug-likeness (QED) is 0.673. The van der Waals surface area contributed by atoms with Crippen molar-refractivity contribution in [3.63, 3.8) is 0 Å². The third-order valence-electron chi connectivity index (χ3n) is 2.42. The van der Waals surface area contributed by atoms with E-state index in [0.29, 0.717) is 25.7 Å². The Balaban J connectivity index is 4.15. The van der Waals surface area contributed by atoms with Gasteiger partial charge in [0, 0.05) is 25.7 Å². The van der Waals surface area contributed by atoms with E-state index in [1.54, 1.807) is 4.31 Å². The Bertz CT molecular complexity index is 263. The summed E-state index contributed by atoms with van der Waals surface area (Å²) in [4.78, 5) is 0. The average Bonchev–Trinajstić information content (AvgIpc) is 2.17. The molecule has 0 aliphatic rings. The van der Waals surface area contributed by atoms with E-state index in [9.17, 15) is 8.42 Å². The number of rotatable bonds is 9. The maximum absolute atomic E-state index is 11.9. The molecule has 0 aromatic rings. The van der Waals surface area contributed by atoms with Gasteiger partial charge < -0.3 is 5.32 Å². The van der Waals surface area contributed by atoms with Crippen molar-refractivity contribution < 1.29 is 8.42 Å². The fourth-order valence-electron chi connectivity index (χ4n) is 1.43. The van der Waals surface area contributed by atoms with Crippen LogP contribution in [0.1, 0.15) is 40.5 Å². The molecule has 0 saturated heterocycles. The number of nitrogens with zero attached hydrogens (tertiary/aromatic N) is 1. The van der Waals surface area contributed by atoms with Crippen molar-refractivity contribution in [2.75, 3.05) is 25.4 Å². The highest BCUT2D eigenvalue weighted by molar-refractivity contribution is 7.89. The molecule has 4 nitrogen and oxygen atoms in total. The van der Waals surface area contributed by atoms with Gasteiger partial charge in [-0.25, -0.2) is 12.7 Å². The molecule has 0 amide bonds. The molecule has 5 heteroatoms.